The molecule has 0 aromatic carbocycles. The van der Waals surface area contributed by atoms with Crippen LogP contribution in [0.4, 0.5) is 0 Å². The summed E-state index contributed by atoms with van der Waals surface area (Å²) in [5.74, 6) is 1.43. The van der Waals surface area contributed by atoms with Crippen molar-refractivity contribution in [3.8, 4) is 0 Å². The average molecular weight is 282 g/mol. The van der Waals surface area contributed by atoms with Gasteiger partial charge in [-0.15, -0.1) is 0 Å². The zero-order chi connectivity index (χ0) is 14.0. The van der Waals surface area contributed by atoms with E-state index in [0.29, 0.717) is 18.6 Å². The molecule has 4 nitrogen and oxygen atoms in total. The second-order valence-electron chi connectivity index (χ2n) is 7.18. The van der Waals surface area contributed by atoms with E-state index >= 15 is 0 Å². The first-order valence-corrected chi connectivity index (χ1v) is 8.35. The van der Waals surface area contributed by atoms with Gasteiger partial charge in [0.1, 0.15) is 0 Å². The molecule has 2 N–H and O–H groups in total. The van der Waals surface area contributed by atoms with Gasteiger partial charge in [0.15, 0.2) is 0 Å². The van der Waals surface area contributed by atoms with E-state index in [4.69, 9.17) is 4.74 Å². The fourth-order valence-electron chi connectivity index (χ4n) is 3.73. The number of rotatable bonds is 8. The van der Waals surface area contributed by atoms with Gasteiger partial charge in [-0.05, 0) is 63.5 Å². The molecular formula is C16H30N2O2. The molecule has 20 heavy (non-hydrogen) atoms. The molecule has 2 saturated carbocycles. The summed E-state index contributed by atoms with van der Waals surface area (Å²) >= 11 is 0. The Morgan fingerprint density at radius 2 is 1.85 bits per heavy atom. The minimum absolute atomic E-state index is 0.0186. The summed E-state index contributed by atoms with van der Waals surface area (Å²) in [5.41, 5.74) is -0.0186. The molecule has 0 amide bonds. The van der Waals surface area contributed by atoms with Crippen molar-refractivity contribution < 1.29 is 9.84 Å². The molecule has 116 valence electrons. The van der Waals surface area contributed by atoms with Gasteiger partial charge in [-0.2, -0.15) is 0 Å². The lowest BCUT2D eigenvalue weighted by Gasteiger charge is -2.41. The van der Waals surface area contributed by atoms with Crippen LogP contribution in [-0.4, -0.2) is 61.5 Å². The molecule has 0 radical (unpaired) electrons. The first kappa shape index (κ1) is 14.8. The predicted molar refractivity (Wildman–Crippen MR) is 79.7 cm³/mol. The number of piperidine rings is 1. The topological polar surface area (TPSA) is 44.7 Å². The molecule has 0 aromatic rings. The van der Waals surface area contributed by atoms with Crippen molar-refractivity contribution in [2.24, 2.45) is 11.8 Å². The number of nitrogens with zero attached hydrogens (tertiary/aromatic N) is 1. The highest BCUT2D eigenvalue weighted by Gasteiger charge is 2.48. The molecule has 1 aliphatic heterocycles. The predicted octanol–water partition coefficient (Wildman–Crippen LogP) is 1.24. The van der Waals surface area contributed by atoms with Gasteiger partial charge in [-0.1, -0.05) is 0 Å². The number of hydrogen-bond acceptors (Lipinski definition) is 4. The van der Waals surface area contributed by atoms with Gasteiger partial charge < -0.3 is 20.1 Å². The quantitative estimate of drug-likeness (QED) is 0.703. The van der Waals surface area contributed by atoms with Crippen LogP contribution in [0.3, 0.4) is 0 Å². The number of aliphatic hydroxyl groups is 1. The Labute approximate surface area is 122 Å². The molecule has 0 bridgehead atoms. The molecule has 4 heteroatoms. The van der Waals surface area contributed by atoms with E-state index < -0.39 is 0 Å². The lowest BCUT2D eigenvalue weighted by Crippen LogP contribution is -2.59. The summed E-state index contributed by atoms with van der Waals surface area (Å²) in [6, 6.07) is 0.675. The third-order valence-electron chi connectivity index (χ3n) is 5.33. The Morgan fingerprint density at radius 3 is 2.35 bits per heavy atom. The Bertz CT molecular complexity index is 310. The monoisotopic (exact) mass is 282 g/mol. The van der Waals surface area contributed by atoms with E-state index in [9.17, 15) is 5.11 Å². The van der Waals surface area contributed by atoms with E-state index in [-0.39, 0.29) is 5.54 Å². The maximum atomic E-state index is 10.0. The van der Waals surface area contributed by atoms with Crippen LogP contribution in [0.25, 0.3) is 0 Å². The Morgan fingerprint density at radius 1 is 1.15 bits per heavy atom. The van der Waals surface area contributed by atoms with E-state index in [1.54, 1.807) is 7.11 Å². The number of methoxy groups -OCH3 is 1. The van der Waals surface area contributed by atoms with Crippen LogP contribution in [0.2, 0.25) is 0 Å². The Hall–Kier alpha value is -0.160. The van der Waals surface area contributed by atoms with Crippen LogP contribution in [0, 0.1) is 11.8 Å². The number of hydrogen-bond donors (Lipinski definition) is 2. The van der Waals surface area contributed by atoms with Crippen molar-refractivity contribution in [1.82, 2.24) is 10.2 Å². The van der Waals surface area contributed by atoms with Gasteiger partial charge in [0, 0.05) is 26.3 Å². The molecule has 0 spiro atoms. The lowest BCUT2D eigenvalue weighted by molar-refractivity contribution is 0.0548. The van der Waals surface area contributed by atoms with Gasteiger partial charge >= 0.3 is 0 Å². The van der Waals surface area contributed by atoms with E-state index in [1.807, 2.05) is 0 Å². The maximum absolute atomic E-state index is 10.0. The lowest BCUT2D eigenvalue weighted by atomic mass is 9.90. The van der Waals surface area contributed by atoms with Crippen LogP contribution >= 0.6 is 0 Å². The third-order valence-corrected chi connectivity index (χ3v) is 5.33. The Balaban J connectivity index is 1.53. The van der Waals surface area contributed by atoms with Crippen molar-refractivity contribution in [3.05, 3.63) is 0 Å². The first-order chi connectivity index (χ1) is 9.75. The molecule has 0 aromatic heterocycles. The van der Waals surface area contributed by atoms with Gasteiger partial charge in [0.05, 0.1) is 12.1 Å². The summed E-state index contributed by atoms with van der Waals surface area (Å²) < 4.78 is 5.28. The fourth-order valence-corrected chi connectivity index (χ4v) is 3.73. The number of aliphatic hydroxyl groups excluding tert-OH is 1. The highest BCUT2D eigenvalue weighted by atomic mass is 16.5. The van der Waals surface area contributed by atoms with Crippen molar-refractivity contribution >= 4 is 0 Å². The molecule has 3 aliphatic rings. The van der Waals surface area contributed by atoms with Crippen molar-refractivity contribution in [1.29, 1.82) is 0 Å². The van der Waals surface area contributed by atoms with E-state index in [1.165, 1.54) is 38.5 Å². The average Bonchev–Trinajstić information content (AvgIpc) is 3.33. The molecule has 1 saturated heterocycles. The van der Waals surface area contributed by atoms with Gasteiger partial charge in [0.25, 0.3) is 0 Å². The van der Waals surface area contributed by atoms with Crippen LogP contribution < -0.4 is 5.32 Å². The third kappa shape index (κ3) is 3.53. The second kappa shape index (κ2) is 6.30. The highest BCUT2D eigenvalue weighted by molar-refractivity contribution is 5.06. The Kier molecular flexibility index (Phi) is 4.65. The SMILES string of the molecule is COCC1CCN(CC(CO)(NC2CC2)C2CC2)CC1. The van der Waals surface area contributed by atoms with E-state index in [0.717, 1.165) is 32.2 Å². The largest absolute Gasteiger partial charge is 0.394 e. The zero-order valence-electron chi connectivity index (χ0n) is 12.8. The zero-order valence-corrected chi connectivity index (χ0v) is 12.8. The number of nitrogens with one attached hydrogen (secondary N) is 1. The van der Waals surface area contributed by atoms with Crippen molar-refractivity contribution in [3.63, 3.8) is 0 Å². The molecule has 2 aliphatic carbocycles. The van der Waals surface area contributed by atoms with Gasteiger partial charge in [0.2, 0.25) is 0 Å². The van der Waals surface area contributed by atoms with Crippen LogP contribution in [0.5, 0.6) is 0 Å². The summed E-state index contributed by atoms with van der Waals surface area (Å²) in [7, 11) is 1.80. The maximum Gasteiger partial charge on any atom is 0.0628 e. The summed E-state index contributed by atoms with van der Waals surface area (Å²) in [5, 5.41) is 13.8. The summed E-state index contributed by atoms with van der Waals surface area (Å²) in [6.07, 6.45) is 7.66. The molecule has 1 heterocycles. The fraction of sp³-hybridized carbons (Fsp3) is 1.00. The normalized spacial score (nSPS) is 28.5. The molecule has 1 atom stereocenters. The first-order valence-electron chi connectivity index (χ1n) is 8.35. The number of ether oxygens (including phenoxy) is 1. The second-order valence-corrected chi connectivity index (χ2v) is 7.18. The summed E-state index contributed by atoms with van der Waals surface area (Å²) in [4.78, 5) is 2.57. The van der Waals surface area contributed by atoms with Crippen LogP contribution in [0.15, 0.2) is 0 Å². The van der Waals surface area contributed by atoms with Crippen molar-refractivity contribution in [2.75, 3.05) is 40.0 Å². The minimum Gasteiger partial charge on any atom is -0.394 e. The molecule has 3 rings (SSSR count). The molecule has 3 fully saturated rings. The summed E-state index contributed by atoms with van der Waals surface area (Å²) in [6.45, 7) is 4.56. The highest BCUT2D eigenvalue weighted by Crippen LogP contribution is 2.42. The molecular weight excluding hydrogens is 252 g/mol. The van der Waals surface area contributed by atoms with Crippen molar-refractivity contribution in [2.45, 2.75) is 50.1 Å². The van der Waals surface area contributed by atoms with Crippen LogP contribution in [0.1, 0.15) is 38.5 Å². The standard InChI is InChI=1S/C16H30N2O2/c1-20-10-13-6-8-18(9-7-13)11-16(12-19,14-2-3-14)17-15-4-5-15/h13-15,17,19H,2-12H2,1H3. The van der Waals surface area contributed by atoms with E-state index in [2.05, 4.69) is 10.2 Å². The van der Waals surface area contributed by atoms with Gasteiger partial charge in [-0.25, -0.2) is 0 Å². The van der Waals surface area contributed by atoms with Crippen LogP contribution in [-0.2, 0) is 4.74 Å². The molecule has 1 unspecified atom stereocenters. The smallest absolute Gasteiger partial charge is 0.0628 e. The number of likely N-dealkylation sites (tertiary alicyclic amines) is 1. The van der Waals surface area contributed by atoms with Gasteiger partial charge in [-0.3, -0.25) is 0 Å². The minimum atomic E-state index is -0.0186.